The Labute approximate surface area is 145 Å². The van der Waals surface area contributed by atoms with E-state index in [0.717, 1.165) is 11.1 Å². The first-order valence-corrected chi connectivity index (χ1v) is 8.03. The van der Waals surface area contributed by atoms with Crippen LogP contribution < -0.4 is 0 Å². The van der Waals surface area contributed by atoms with Gasteiger partial charge in [-0.25, -0.2) is 9.37 Å². The molecule has 3 rings (SSSR count). The van der Waals surface area contributed by atoms with Gasteiger partial charge in [0.25, 0.3) is 0 Å². The third kappa shape index (κ3) is 4.12. The molecule has 1 aromatic heterocycles. The Morgan fingerprint density at radius 3 is 2.48 bits per heavy atom. The van der Waals surface area contributed by atoms with E-state index in [9.17, 15) is 9.18 Å². The van der Waals surface area contributed by atoms with E-state index in [2.05, 4.69) is 4.98 Å². The standard InChI is InChI=1S/C20H19FN2O2/c1-14-18(22-20(25-14)16-6-4-3-5-7-16)12-19(24)23(2)13-15-8-10-17(21)11-9-15/h3-11H,12-13H2,1-2H3. The fourth-order valence-electron chi connectivity index (χ4n) is 2.53. The van der Waals surface area contributed by atoms with E-state index in [4.69, 9.17) is 4.42 Å². The monoisotopic (exact) mass is 338 g/mol. The van der Waals surface area contributed by atoms with Crippen LogP contribution >= 0.6 is 0 Å². The first-order valence-electron chi connectivity index (χ1n) is 8.03. The number of rotatable bonds is 5. The number of hydrogen-bond donors (Lipinski definition) is 0. The molecule has 25 heavy (non-hydrogen) atoms. The summed E-state index contributed by atoms with van der Waals surface area (Å²) in [4.78, 5) is 18.5. The molecule has 0 spiro atoms. The maximum absolute atomic E-state index is 13.0. The van der Waals surface area contributed by atoms with Crippen molar-refractivity contribution in [2.75, 3.05) is 7.05 Å². The van der Waals surface area contributed by atoms with Crippen LogP contribution in [0.3, 0.4) is 0 Å². The van der Waals surface area contributed by atoms with E-state index in [1.165, 1.54) is 12.1 Å². The molecule has 1 amide bonds. The van der Waals surface area contributed by atoms with E-state index in [0.29, 0.717) is 23.9 Å². The van der Waals surface area contributed by atoms with Crippen molar-refractivity contribution in [1.29, 1.82) is 0 Å². The minimum atomic E-state index is -0.288. The van der Waals surface area contributed by atoms with Crippen LogP contribution in [0.25, 0.3) is 11.5 Å². The number of halogens is 1. The number of hydrogen-bond acceptors (Lipinski definition) is 3. The summed E-state index contributed by atoms with van der Waals surface area (Å²) >= 11 is 0. The summed E-state index contributed by atoms with van der Waals surface area (Å²) in [5.41, 5.74) is 2.39. The summed E-state index contributed by atoms with van der Waals surface area (Å²) in [6.45, 7) is 2.23. The van der Waals surface area contributed by atoms with Crippen molar-refractivity contribution in [2.24, 2.45) is 0 Å². The van der Waals surface area contributed by atoms with Crippen molar-refractivity contribution in [2.45, 2.75) is 19.9 Å². The molecule has 0 radical (unpaired) electrons. The summed E-state index contributed by atoms with van der Waals surface area (Å²) in [7, 11) is 1.72. The van der Waals surface area contributed by atoms with Crippen LogP contribution in [0.2, 0.25) is 0 Å². The third-order valence-corrected chi connectivity index (χ3v) is 3.99. The highest BCUT2D eigenvalue weighted by atomic mass is 19.1. The van der Waals surface area contributed by atoms with Gasteiger partial charge in [0.05, 0.1) is 12.1 Å². The quantitative estimate of drug-likeness (QED) is 0.707. The minimum absolute atomic E-state index is 0.0691. The van der Waals surface area contributed by atoms with Gasteiger partial charge < -0.3 is 9.32 Å². The number of oxazole rings is 1. The third-order valence-electron chi connectivity index (χ3n) is 3.99. The zero-order valence-corrected chi connectivity index (χ0v) is 14.2. The first kappa shape index (κ1) is 16.9. The molecule has 0 N–H and O–H groups in total. The zero-order chi connectivity index (χ0) is 17.8. The molecule has 2 aromatic carbocycles. The lowest BCUT2D eigenvalue weighted by molar-refractivity contribution is -0.129. The number of nitrogens with zero attached hydrogens (tertiary/aromatic N) is 2. The highest BCUT2D eigenvalue weighted by Crippen LogP contribution is 2.22. The van der Waals surface area contributed by atoms with Crippen LogP contribution in [0.1, 0.15) is 17.0 Å². The molecule has 0 aliphatic heterocycles. The highest BCUT2D eigenvalue weighted by molar-refractivity contribution is 5.78. The number of carbonyl (C=O) groups is 1. The van der Waals surface area contributed by atoms with Gasteiger partial charge in [-0.15, -0.1) is 0 Å². The SMILES string of the molecule is Cc1oc(-c2ccccc2)nc1CC(=O)N(C)Cc1ccc(F)cc1. The summed E-state index contributed by atoms with van der Waals surface area (Å²) in [6.07, 6.45) is 0.167. The smallest absolute Gasteiger partial charge is 0.228 e. The topological polar surface area (TPSA) is 46.3 Å². The van der Waals surface area contributed by atoms with E-state index in [1.807, 2.05) is 37.3 Å². The Morgan fingerprint density at radius 1 is 1.12 bits per heavy atom. The number of aryl methyl sites for hydroxylation is 1. The Bertz CT molecular complexity index is 857. The minimum Gasteiger partial charge on any atom is -0.441 e. The van der Waals surface area contributed by atoms with Crippen molar-refractivity contribution in [3.63, 3.8) is 0 Å². The second-order valence-electron chi connectivity index (χ2n) is 5.94. The van der Waals surface area contributed by atoms with E-state index >= 15 is 0 Å². The Hall–Kier alpha value is -2.95. The molecule has 4 nitrogen and oxygen atoms in total. The van der Waals surface area contributed by atoms with E-state index < -0.39 is 0 Å². The van der Waals surface area contributed by atoms with E-state index in [-0.39, 0.29) is 18.1 Å². The Balaban J connectivity index is 1.68. The summed E-state index contributed by atoms with van der Waals surface area (Å²) in [5, 5.41) is 0. The summed E-state index contributed by atoms with van der Waals surface area (Å²) in [5.74, 6) is 0.800. The number of amides is 1. The maximum Gasteiger partial charge on any atom is 0.228 e. The Kier molecular flexibility index (Phi) is 4.93. The lowest BCUT2D eigenvalue weighted by Crippen LogP contribution is -2.28. The molecule has 0 aliphatic carbocycles. The second kappa shape index (κ2) is 7.30. The lowest BCUT2D eigenvalue weighted by atomic mass is 10.2. The molecule has 128 valence electrons. The molecular weight excluding hydrogens is 319 g/mol. The van der Waals surface area contributed by atoms with Gasteiger partial charge in [0.15, 0.2) is 0 Å². The van der Waals surface area contributed by atoms with Crippen molar-refractivity contribution in [1.82, 2.24) is 9.88 Å². The lowest BCUT2D eigenvalue weighted by Gasteiger charge is -2.16. The zero-order valence-electron chi connectivity index (χ0n) is 14.2. The Morgan fingerprint density at radius 2 is 1.80 bits per heavy atom. The number of likely N-dealkylation sites (N-methyl/N-ethyl adjacent to an activating group) is 1. The summed E-state index contributed by atoms with van der Waals surface area (Å²) in [6, 6.07) is 15.7. The van der Waals surface area contributed by atoms with Gasteiger partial charge in [0, 0.05) is 19.2 Å². The van der Waals surface area contributed by atoms with Crippen molar-refractivity contribution < 1.29 is 13.6 Å². The van der Waals surface area contributed by atoms with Crippen LogP contribution in [0, 0.1) is 12.7 Å². The molecule has 0 saturated heterocycles. The van der Waals surface area contributed by atoms with Gasteiger partial charge in [-0.3, -0.25) is 4.79 Å². The van der Waals surface area contributed by atoms with Crippen molar-refractivity contribution in [3.05, 3.63) is 77.4 Å². The average molecular weight is 338 g/mol. The summed E-state index contributed by atoms with van der Waals surface area (Å²) < 4.78 is 18.6. The van der Waals surface area contributed by atoms with Crippen LogP contribution in [0.5, 0.6) is 0 Å². The molecule has 5 heteroatoms. The molecule has 0 bridgehead atoms. The highest BCUT2D eigenvalue weighted by Gasteiger charge is 2.17. The second-order valence-corrected chi connectivity index (χ2v) is 5.94. The number of carbonyl (C=O) groups excluding carboxylic acids is 1. The van der Waals surface area contributed by atoms with Crippen LogP contribution in [0.15, 0.2) is 59.0 Å². The van der Waals surface area contributed by atoms with Crippen LogP contribution in [-0.2, 0) is 17.8 Å². The van der Waals surface area contributed by atoms with E-state index in [1.54, 1.807) is 24.1 Å². The number of aromatic nitrogens is 1. The van der Waals surface area contributed by atoms with Gasteiger partial charge in [-0.2, -0.15) is 0 Å². The molecule has 0 saturated carbocycles. The predicted octanol–water partition coefficient (Wildman–Crippen LogP) is 3.99. The molecule has 0 unspecified atom stereocenters. The molecule has 3 aromatic rings. The van der Waals surface area contributed by atoms with Crippen LogP contribution in [0.4, 0.5) is 4.39 Å². The van der Waals surface area contributed by atoms with Gasteiger partial charge >= 0.3 is 0 Å². The predicted molar refractivity (Wildman–Crippen MR) is 93.3 cm³/mol. The molecule has 0 aliphatic rings. The fraction of sp³-hybridized carbons (Fsp3) is 0.200. The van der Waals surface area contributed by atoms with Crippen molar-refractivity contribution in [3.8, 4) is 11.5 Å². The largest absolute Gasteiger partial charge is 0.441 e. The van der Waals surface area contributed by atoms with Gasteiger partial charge in [-0.05, 0) is 36.8 Å². The molecule has 0 fully saturated rings. The van der Waals surface area contributed by atoms with Gasteiger partial charge in [-0.1, -0.05) is 30.3 Å². The average Bonchev–Trinajstić information content (AvgIpc) is 2.98. The molecule has 1 heterocycles. The van der Waals surface area contributed by atoms with Crippen LogP contribution in [-0.4, -0.2) is 22.8 Å². The van der Waals surface area contributed by atoms with Crippen molar-refractivity contribution >= 4 is 5.91 Å². The molecule has 0 atom stereocenters. The van der Waals surface area contributed by atoms with Gasteiger partial charge in [0.2, 0.25) is 11.8 Å². The maximum atomic E-state index is 13.0. The normalized spacial score (nSPS) is 10.7. The van der Waals surface area contributed by atoms with Gasteiger partial charge in [0.1, 0.15) is 11.6 Å². The first-order chi connectivity index (χ1) is 12.0. The molecular formula is C20H19FN2O2. The fourth-order valence-corrected chi connectivity index (χ4v) is 2.53. The number of benzene rings is 2.